The Morgan fingerprint density at radius 2 is 1.86 bits per heavy atom. The summed E-state index contributed by atoms with van der Waals surface area (Å²) in [5, 5.41) is 1.70. The van der Waals surface area contributed by atoms with E-state index in [4.69, 9.17) is 5.73 Å². The van der Waals surface area contributed by atoms with Crippen LogP contribution in [0.2, 0.25) is 0 Å². The van der Waals surface area contributed by atoms with Gasteiger partial charge in [0.2, 0.25) is 0 Å². The summed E-state index contributed by atoms with van der Waals surface area (Å²) in [6.07, 6.45) is 1.35. The van der Waals surface area contributed by atoms with Gasteiger partial charge in [-0.1, -0.05) is 18.2 Å². The number of rotatable bonds is 5. The molecule has 5 N–H and O–H groups in total. The number of nitrogens with zero attached hydrogens (tertiary/aromatic N) is 3. The van der Waals surface area contributed by atoms with Crippen LogP contribution >= 0.6 is 0 Å². The van der Waals surface area contributed by atoms with E-state index in [1.165, 1.54) is 6.33 Å². The zero-order valence-corrected chi connectivity index (χ0v) is 12.7. The second-order valence-corrected chi connectivity index (χ2v) is 4.88. The third-order valence-electron chi connectivity index (χ3n) is 2.90. The van der Waals surface area contributed by atoms with Gasteiger partial charge in [-0.05, 0) is 18.6 Å². The molecule has 0 spiro atoms. The van der Waals surface area contributed by atoms with E-state index in [9.17, 15) is 4.79 Å². The summed E-state index contributed by atoms with van der Waals surface area (Å²) in [6, 6.07) is 7.29. The molecule has 0 bridgehead atoms. The van der Waals surface area contributed by atoms with Gasteiger partial charge in [0, 0.05) is 19.7 Å². The topological polar surface area (TPSA) is 108 Å². The Kier molecular flexibility index (Phi) is 4.74. The van der Waals surface area contributed by atoms with E-state index in [0.717, 1.165) is 5.56 Å². The highest BCUT2D eigenvalue weighted by Gasteiger charge is 2.11. The molecule has 0 saturated heterocycles. The average Bonchev–Trinajstić information content (AvgIpc) is 2.48. The Labute approximate surface area is 128 Å². The molecule has 1 aromatic carbocycles. The molecule has 2 rings (SSSR count). The van der Waals surface area contributed by atoms with Crippen LogP contribution in [0.25, 0.3) is 0 Å². The largest absolute Gasteiger partial charge is 0.393 e. The summed E-state index contributed by atoms with van der Waals surface area (Å²) in [6.45, 7) is 1.87. The van der Waals surface area contributed by atoms with Crippen molar-refractivity contribution in [2.75, 3.05) is 30.7 Å². The van der Waals surface area contributed by atoms with E-state index >= 15 is 0 Å². The lowest BCUT2D eigenvalue weighted by molar-refractivity contribution is 0.0962. The summed E-state index contributed by atoms with van der Waals surface area (Å²) in [5.74, 6) is 0.507. The molecule has 1 amide bonds. The van der Waals surface area contributed by atoms with Crippen molar-refractivity contribution in [3.05, 3.63) is 41.7 Å². The monoisotopic (exact) mass is 301 g/mol. The molecule has 1 heterocycles. The fourth-order valence-electron chi connectivity index (χ4n) is 1.81. The predicted molar refractivity (Wildman–Crippen MR) is 86.0 cm³/mol. The molecule has 8 heteroatoms. The maximum atomic E-state index is 12.1. The Hall–Kier alpha value is -2.87. The number of carbonyl (C=O) groups excluding carboxylic acids is 1. The Balaban J connectivity index is 2.09. The minimum absolute atomic E-state index is 0.266. The summed E-state index contributed by atoms with van der Waals surface area (Å²) in [5.41, 5.74) is 16.0. The standard InChI is InChI=1S/C14H19N7O/c1-9-6-4-5-7-10(9)14(22)19-18-12-11(15)13(17-8-16-12)20-21(2)3/h4-8H,15H2,1-3H3,(H,19,22)(H2,16,17,18,20). The van der Waals surface area contributed by atoms with Crippen LogP contribution in [0.4, 0.5) is 17.3 Å². The van der Waals surface area contributed by atoms with Gasteiger partial charge in [-0.25, -0.2) is 15.0 Å². The lowest BCUT2D eigenvalue weighted by atomic mass is 10.1. The van der Waals surface area contributed by atoms with E-state index in [-0.39, 0.29) is 5.91 Å². The first-order chi connectivity index (χ1) is 10.5. The molecule has 0 fully saturated rings. The number of hydrogen-bond donors (Lipinski definition) is 4. The van der Waals surface area contributed by atoms with E-state index < -0.39 is 0 Å². The van der Waals surface area contributed by atoms with E-state index in [0.29, 0.717) is 22.9 Å². The van der Waals surface area contributed by atoms with Crippen LogP contribution in [0.3, 0.4) is 0 Å². The molecule has 0 aliphatic rings. The number of hydrogen-bond acceptors (Lipinski definition) is 7. The number of benzene rings is 1. The normalized spacial score (nSPS) is 10.4. The number of nitrogen functional groups attached to an aromatic ring is 1. The van der Waals surface area contributed by atoms with E-state index in [1.807, 2.05) is 33.2 Å². The summed E-state index contributed by atoms with van der Waals surface area (Å²) < 4.78 is 0. The number of carbonyl (C=O) groups is 1. The number of hydrazine groups is 2. The van der Waals surface area contributed by atoms with Crippen molar-refractivity contribution >= 4 is 23.2 Å². The number of aromatic nitrogens is 2. The fourth-order valence-corrected chi connectivity index (χ4v) is 1.81. The highest BCUT2D eigenvalue weighted by atomic mass is 16.2. The Morgan fingerprint density at radius 1 is 1.18 bits per heavy atom. The first kappa shape index (κ1) is 15.5. The zero-order valence-electron chi connectivity index (χ0n) is 12.7. The smallest absolute Gasteiger partial charge is 0.269 e. The van der Waals surface area contributed by atoms with Gasteiger partial charge in [0.1, 0.15) is 12.0 Å². The van der Waals surface area contributed by atoms with Crippen LogP contribution in [0.15, 0.2) is 30.6 Å². The van der Waals surface area contributed by atoms with Crippen molar-refractivity contribution in [1.82, 2.24) is 20.4 Å². The van der Waals surface area contributed by atoms with Crippen LogP contribution in [-0.2, 0) is 0 Å². The zero-order chi connectivity index (χ0) is 16.1. The highest BCUT2D eigenvalue weighted by molar-refractivity contribution is 5.96. The minimum atomic E-state index is -0.266. The summed E-state index contributed by atoms with van der Waals surface area (Å²) in [7, 11) is 3.63. The lowest BCUT2D eigenvalue weighted by Crippen LogP contribution is -2.31. The van der Waals surface area contributed by atoms with Crippen LogP contribution in [-0.4, -0.2) is 35.0 Å². The first-order valence-corrected chi connectivity index (χ1v) is 6.65. The van der Waals surface area contributed by atoms with Gasteiger partial charge in [0.25, 0.3) is 5.91 Å². The predicted octanol–water partition coefficient (Wildman–Crippen LogP) is 1.01. The SMILES string of the molecule is Cc1ccccc1C(=O)NNc1ncnc(NN(C)C)c1N. The maximum absolute atomic E-state index is 12.1. The highest BCUT2D eigenvalue weighted by Crippen LogP contribution is 2.21. The van der Waals surface area contributed by atoms with Gasteiger partial charge in [0.05, 0.1) is 0 Å². The van der Waals surface area contributed by atoms with Gasteiger partial charge in [-0.2, -0.15) is 0 Å². The van der Waals surface area contributed by atoms with Crippen LogP contribution < -0.4 is 22.0 Å². The molecule has 0 atom stereocenters. The molecular weight excluding hydrogens is 282 g/mol. The number of amides is 1. The molecule has 0 radical (unpaired) electrons. The summed E-state index contributed by atoms with van der Waals surface area (Å²) in [4.78, 5) is 20.2. The molecule has 2 aromatic rings. The van der Waals surface area contributed by atoms with Gasteiger partial charge < -0.3 is 11.2 Å². The van der Waals surface area contributed by atoms with E-state index in [2.05, 4.69) is 26.2 Å². The second-order valence-electron chi connectivity index (χ2n) is 4.88. The van der Waals surface area contributed by atoms with Crippen LogP contribution in [0, 0.1) is 6.92 Å². The molecular formula is C14H19N7O. The number of anilines is 3. The molecule has 0 saturated carbocycles. The van der Waals surface area contributed by atoms with Crippen molar-refractivity contribution < 1.29 is 4.79 Å². The van der Waals surface area contributed by atoms with E-state index in [1.54, 1.807) is 17.1 Å². The molecule has 22 heavy (non-hydrogen) atoms. The van der Waals surface area contributed by atoms with Gasteiger partial charge in [-0.3, -0.25) is 15.6 Å². The first-order valence-electron chi connectivity index (χ1n) is 6.65. The molecule has 116 valence electrons. The van der Waals surface area contributed by atoms with Crippen molar-refractivity contribution in [2.24, 2.45) is 0 Å². The minimum Gasteiger partial charge on any atom is -0.393 e. The number of nitrogens with two attached hydrogens (primary N) is 1. The van der Waals surface area contributed by atoms with Crippen LogP contribution in [0.5, 0.6) is 0 Å². The quantitative estimate of drug-likeness (QED) is 0.610. The van der Waals surface area contributed by atoms with Crippen molar-refractivity contribution in [3.63, 3.8) is 0 Å². The van der Waals surface area contributed by atoms with Gasteiger partial charge in [0.15, 0.2) is 11.6 Å². The number of nitrogens with one attached hydrogen (secondary N) is 3. The van der Waals surface area contributed by atoms with Gasteiger partial charge >= 0.3 is 0 Å². The molecule has 8 nitrogen and oxygen atoms in total. The Bertz CT molecular complexity index is 672. The molecule has 1 aromatic heterocycles. The van der Waals surface area contributed by atoms with Crippen molar-refractivity contribution in [3.8, 4) is 0 Å². The summed E-state index contributed by atoms with van der Waals surface area (Å²) >= 11 is 0. The fraction of sp³-hybridized carbons (Fsp3) is 0.214. The lowest BCUT2D eigenvalue weighted by Gasteiger charge is -2.16. The average molecular weight is 301 g/mol. The maximum Gasteiger partial charge on any atom is 0.269 e. The van der Waals surface area contributed by atoms with Crippen molar-refractivity contribution in [2.45, 2.75) is 6.92 Å². The third kappa shape index (κ3) is 3.61. The molecule has 0 aliphatic carbocycles. The molecule has 0 aliphatic heterocycles. The third-order valence-corrected chi connectivity index (χ3v) is 2.90. The second kappa shape index (κ2) is 6.72. The number of aryl methyl sites for hydroxylation is 1. The Morgan fingerprint density at radius 3 is 2.55 bits per heavy atom. The van der Waals surface area contributed by atoms with Crippen LogP contribution in [0.1, 0.15) is 15.9 Å². The molecule has 0 unspecified atom stereocenters. The van der Waals surface area contributed by atoms with Gasteiger partial charge in [-0.15, -0.1) is 0 Å². The van der Waals surface area contributed by atoms with Crippen molar-refractivity contribution in [1.29, 1.82) is 0 Å².